The molecule has 36 heavy (non-hydrogen) atoms. The fourth-order valence-corrected chi connectivity index (χ4v) is 5.02. The molecule has 0 amide bonds. The van der Waals surface area contributed by atoms with E-state index in [4.69, 9.17) is 5.11 Å². The summed E-state index contributed by atoms with van der Waals surface area (Å²) in [5, 5.41) is 28.4. The van der Waals surface area contributed by atoms with Crippen molar-refractivity contribution in [1.82, 2.24) is 20.2 Å². The first-order chi connectivity index (χ1) is 17.5. The lowest BCUT2D eigenvalue weighted by Crippen LogP contribution is -2.36. The third-order valence-corrected chi connectivity index (χ3v) is 6.97. The molecule has 186 valence electrons. The minimum Gasteiger partial charge on any atom is -0.481 e. The molecule has 2 saturated heterocycles. The molecule has 11 nitrogen and oxygen atoms in total. The molecule has 1 unspecified atom stereocenters. The van der Waals surface area contributed by atoms with Crippen LogP contribution in [0, 0.1) is 23.2 Å². The Hall–Kier alpha value is -4.20. The quantitative estimate of drug-likeness (QED) is 0.472. The second kappa shape index (κ2) is 10.2. The van der Waals surface area contributed by atoms with Gasteiger partial charge < -0.3 is 20.2 Å². The van der Waals surface area contributed by atoms with Crippen LogP contribution < -0.4 is 20.7 Å². The van der Waals surface area contributed by atoms with E-state index >= 15 is 0 Å². The molecule has 0 spiro atoms. The zero-order chi connectivity index (χ0) is 25.1. The molecule has 0 saturated carbocycles. The maximum Gasteiger partial charge on any atom is 0.303 e. The van der Waals surface area contributed by atoms with Crippen molar-refractivity contribution in [1.29, 1.82) is 5.26 Å². The van der Waals surface area contributed by atoms with Crippen LogP contribution in [0.1, 0.15) is 32.1 Å². The minimum absolute atomic E-state index is 0.0755. The summed E-state index contributed by atoms with van der Waals surface area (Å²) in [6.07, 6.45) is 5.20. The van der Waals surface area contributed by atoms with Crippen LogP contribution in [0.4, 0.5) is 23.1 Å². The molecule has 3 aromatic rings. The van der Waals surface area contributed by atoms with Gasteiger partial charge in [-0.3, -0.25) is 9.59 Å². The molecular formula is C25H28N8O3. The number of hydrogen-bond donors (Lipinski definition) is 3. The van der Waals surface area contributed by atoms with E-state index in [2.05, 4.69) is 36.5 Å². The Kier molecular flexibility index (Phi) is 6.66. The van der Waals surface area contributed by atoms with Gasteiger partial charge in [-0.1, -0.05) is 0 Å². The van der Waals surface area contributed by atoms with E-state index in [1.54, 1.807) is 0 Å². The number of fused-ring (bicyclic) bond motifs is 1. The summed E-state index contributed by atoms with van der Waals surface area (Å²) < 4.78 is 0. The van der Waals surface area contributed by atoms with Crippen LogP contribution in [0.25, 0.3) is 10.9 Å². The highest BCUT2D eigenvalue weighted by Gasteiger charge is 2.24. The third-order valence-electron chi connectivity index (χ3n) is 6.97. The Labute approximate surface area is 207 Å². The lowest BCUT2D eigenvalue weighted by atomic mass is 9.93. The van der Waals surface area contributed by atoms with Gasteiger partial charge >= 0.3 is 5.97 Å². The van der Waals surface area contributed by atoms with E-state index in [1.807, 2.05) is 29.2 Å². The minimum atomic E-state index is -0.732. The van der Waals surface area contributed by atoms with Gasteiger partial charge in [0.05, 0.1) is 18.2 Å². The van der Waals surface area contributed by atoms with Gasteiger partial charge in [0.25, 0.3) is 5.56 Å². The Morgan fingerprint density at radius 1 is 1.14 bits per heavy atom. The molecule has 2 aromatic heterocycles. The van der Waals surface area contributed by atoms with Crippen molar-refractivity contribution in [3.63, 3.8) is 0 Å². The number of aromatic amines is 1. The summed E-state index contributed by atoms with van der Waals surface area (Å²) >= 11 is 0. The normalized spacial score (nSPS) is 18.7. The predicted octanol–water partition coefficient (Wildman–Crippen LogP) is 2.89. The van der Waals surface area contributed by atoms with Crippen molar-refractivity contribution >= 4 is 40.0 Å². The number of carboxylic acid groups (broad SMARTS) is 1. The number of nitrogens with one attached hydrogen (secondary N) is 2. The van der Waals surface area contributed by atoms with Crippen LogP contribution in [0.2, 0.25) is 0 Å². The van der Waals surface area contributed by atoms with Gasteiger partial charge in [-0.2, -0.15) is 15.3 Å². The van der Waals surface area contributed by atoms with Crippen molar-refractivity contribution in [3.05, 3.63) is 40.8 Å². The second-order valence-electron chi connectivity index (χ2n) is 9.45. The molecule has 1 aromatic carbocycles. The zero-order valence-corrected chi connectivity index (χ0v) is 19.9. The molecule has 11 heteroatoms. The molecule has 2 aliphatic rings. The van der Waals surface area contributed by atoms with Crippen molar-refractivity contribution in [2.24, 2.45) is 11.8 Å². The fourth-order valence-electron chi connectivity index (χ4n) is 5.02. The first-order valence-corrected chi connectivity index (χ1v) is 12.2. The Bertz CT molecular complexity index is 1340. The van der Waals surface area contributed by atoms with Gasteiger partial charge in [0, 0.05) is 44.0 Å². The van der Waals surface area contributed by atoms with Crippen molar-refractivity contribution in [2.45, 2.75) is 32.1 Å². The van der Waals surface area contributed by atoms with E-state index in [0.29, 0.717) is 29.2 Å². The van der Waals surface area contributed by atoms with Gasteiger partial charge in [-0.15, -0.1) is 0 Å². The van der Waals surface area contributed by atoms with Crippen molar-refractivity contribution in [3.8, 4) is 6.07 Å². The van der Waals surface area contributed by atoms with Crippen LogP contribution in [0.15, 0.2) is 35.3 Å². The molecule has 0 radical (unpaired) electrons. The average molecular weight is 489 g/mol. The highest BCUT2D eigenvalue weighted by molar-refractivity contribution is 5.90. The largest absolute Gasteiger partial charge is 0.481 e. The molecule has 0 aliphatic carbocycles. The summed E-state index contributed by atoms with van der Waals surface area (Å²) in [6, 6.07) is 10.2. The Balaban J connectivity index is 1.37. The predicted molar refractivity (Wildman–Crippen MR) is 135 cm³/mol. The van der Waals surface area contributed by atoms with E-state index in [9.17, 15) is 14.9 Å². The highest BCUT2D eigenvalue weighted by atomic mass is 16.4. The molecule has 4 heterocycles. The standard InChI is InChI=1S/C25H28N8O3/c26-13-17-2-1-9-33(15-17)25-29-20-14-27-31-24(36)22(20)23(30-25)28-18-3-5-19(6-4-18)32-10-7-16(8-11-32)12-21(34)35/h3-6,14,16-17H,1-2,7-12,15H2,(H,31,36)(H,34,35)(H,28,29,30). The first kappa shape index (κ1) is 23.5. The number of aromatic nitrogens is 4. The summed E-state index contributed by atoms with van der Waals surface area (Å²) in [5.41, 5.74) is 1.90. The molecule has 3 N–H and O–H groups in total. The molecule has 2 fully saturated rings. The van der Waals surface area contributed by atoms with Crippen LogP contribution in [0.5, 0.6) is 0 Å². The van der Waals surface area contributed by atoms with Gasteiger partial charge in [0.1, 0.15) is 16.7 Å². The number of H-pyrrole nitrogens is 1. The lowest BCUT2D eigenvalue weighted by Gasteiger charge is -2.33. The number of anilines is 4. The van der Waals surface area contributed by atoms with Gasteiger partial charge in [0.15, 0.2) is 0 Å². The van der Waals surface area contributed by atoms with Gasteiger partial charge in [-0.05, 0) is 55.9 Å². The zero-order valence-electron chi connectivity index (χ0n) is 19.9. The molecule has 5 rings (SSSR count). The molecule has 2 aliphatic heterocycles. The summed E-state index contributed by atoms with van der Waals surface area (Å²) in [5.74, 6) is 0.284. The van der Waals surface area contributed by atoms with Crippen LogP contribution >= 0.6 is 0 Å². The smallest absolute Gasteiger partial charge is 0.303 e. The monoisotopic (exact) mass is 488 g/mol. The number of nitrogens with zero attached hydrogens (tertiary/aromatic N) is 6. The van der Waals surface area contributed by atoms with E-state index < -0.39 is 5.97 Å². The summed E-state index contributed by atoms with van der Waals surface area (Å²) in [7, 11) is 0. The number of hydrogen-bond acceptors (Lipinski definition) is 9. The highest BCUT2D eigenvalue weighted by Crippen LogP contribution is 2.29. The molecule has 0 bridgehead atoms. The van der Waals surface area contributed by atoms with Crippen LogP contribution in [-0.2, 0) is 4.79 Å². The van der Waals surface area contributed by atoms with E-state index in [0.717, 1.165) is 56.7 Å². The number of benzene rings is 1. The van der Waals surface area contributed by atoms with Gasteiger partial charge in [-0.25, -0.2) is 10.1 Å². The Morgan fingerprint density at radius 3 is 2.64 bits per heavy atom. The molecular weight excluding hydrogens is 460 g/mol. The number of aliphatic carboxylic acids is 1. The van der Waals surface area contributed by atoms with E-state index in [1.165, 1.54) is 6.20 Å². The number of rotatable bonds is 6. The maximum atomic E-state index is 12.6. The average Bonchev–Trinajstić information content (AvgIpc) is 2.89. The van der Waals surface area contributed by atoms with Crippen molar-refractivity contribution in [2.75, 3.05) is 41.3 Å². The summed E-state index contributed by atoms with van der Waals surface area (Å²) in [4.78, 5) is 37.1. The fraction of sp³-hybridized carbons (Fsp3) is 0.440. The Morgan fingerprint density at radius 2 is 1.92 bits per heavy atom. The van der Waals surface area contributed by atoms with Crippen LogP contribution in [0.3, 0.4) is 0 Å². The first-order valence-electron chi connectivity index (χ1n) is 12.2. The lowest BCUT2D eigenvalue weighted by molar-refractivity contribution is -0.138. The van der Waals surface area contributed by atoms with Crippen LogP contribution in [-0.4, -0.2) is 57.4 Å². The number of carbonyl (C=O) groups is 1. The van der Waals surface area contributed by atoms with Gasteiger partial charge in [0.2, 0.25) is 5.95 Å². The van der Waals surface area contributed by atoms with Crippen molar-refractivity contribution < 1.29 is 9.90 Å². The van der Waals surface area contributed by atoms with E-state index in [-0.39, 0.29) is 23.8 Å². The number of nitriles is 1. The summed E-state index contributed by atoms with van der Waals surface area (Å²) in [6.45, 7) is 2.95. The SMILES string of the molecule is N#CC1CCCN(c2nc(Nc3ccc(N4CCC(CC(=O)O)CC4)cc3)c3c(=O)[nH]ncc3n2)C1. The maximum absolute atomic E-state index is 12.6. The molecule has 1 atom stereocenters. The second-order valence-corrected chi connectivity index (χ2v) is 9.45. The third kappa shape index (κ3) is 5.07. The number of carboxylic acids is 1. The number of piperidine rings is 2. The topological polar surface area (TPSA) is 151 Å².